The van der Waals surface area contributed by atoms with Crippen molar-refractivity contribution in [1.29, 1.82) is 0 Å². The number of ether oxygens (including phenoxy) is 1. The first-order valence-corrected chi connectivity index (χ1v) is 9.66. The van der Waals surface area contributed by atoms with Crippen LogP contribution >= 0.6 is 0 Å². The van der Waals surface area contributed by atoms with E-state index in [9.17, 15) is 0 Å². The van der Waals surface area contributed by atoms with Crippen molar-refractivity contribution in [2.45, 2.75) is 12.8 Å². The Balaban J connectivity index is 1.33. The first kappa shape index (κ1) is 18.0. The number of benzene rings is 3. The first-order valence-electron chi connectivity index (χ1n) is 9.66. The Hall–Kier alpha value is -3.39. The third-order valence-corrected chi connectivity index (χ3v) is 4.81. The van der Waals surface area contributed by atoms with Crippen molar-refractivity contribution in [1.82, 2.24) is 4.98 Å². The Morgan fingerprint density at radius 3 is 1.71 bits per heavy atom. The van der Waals surface area contributed by atoms with Crippen LogP contribution < -0.4 is 4.74 Å². The van der Waals surface area contributed by atoms with E-state index in [-0.39, 0.29) is 0 Å². The zero-order valence-electron chi connectivity index (χ0n) is 15.8. The van der Waals surface area contributed by atoms with Gasteiger partial charge in [0, 0.05) is 12.4 Å². The van der Waals surface area contributed by atoms with E-state index in [0.29, 0.717) is 0 Å². The molecule has 0 N–H and O–H groups in total. The number of pyridine rings is 1. The monoisotopic (exact) mass is 365 g/mol. The Kier molecular flexibility index (Phi) is 5.79. The second-order valence-corrected chi connectivity index (χ2v) is 6.78. The van der Waals surface area contributed by atoms with Crippen molar-refractivity contribution in [2.75, 3.05) is 6.61 Å². The first-order chi connectivity index (χ1) is 13.9. The summed E-state index contributed by atoms with van der Waals surface area (Å²) in [6.45, 7) is 0.731. The van der Waals surface area contributed by atoms with Crippen molar-refractivity contribution in [3.8, 4) is 28.0 Å². The maximum Gasteiger partial charge on any atom is 0.119 e. The van der Waals surface area contributed by atoms with E-state index in [1.165, 1.54) is 27.8 Å². The van der Waals surface area contributed by atoms with Crippen LogP contribution in [-0.2, 0) is 6.42 Å². The van der Waals surface area contributed by atoms with Crippen LogP contribution in [0.1, 0.15) is 12.0 Å². The van der Waals surface area contributed by atoms with E-state index in [1.54, 1.807) is 0 Å². The lowest BCUT2D eigenvalue weighted by Gasteiger charge is -2.08. The van der Waals surface area contributed by atoms with Gasteiger partial charge in [-0.05, 0) is 64.9 Å². The summed E-state index contributed by atoms with van der Waals surface area (Å²) in [6.07, 6.45) is 5.70. The summed E-state index contributed by atoms with van der Waals surface area (Å²) in [5.41, 5.74) is 6.13. The molecule has 4 rings (SSSR count). The molecule has 0 aliphatic heterocycles. The van der Waals surface area contributed by atoms with Gasteiger partial charge in [-0.15, -0.1) is 0 Å². The quantitative estimate of drug-likeness (QED) is 0.352. The average molecular weight is 365 g/mol. The molecule has 2 nitrogen and oxygen atoms in total. The van der Waals surface area contributed by atoms with Gasteiger partial charge >= 0.3 is 0 Å². The second-order valence-electron chi connectivity index (χ2n) is 6.78. The van der Waals surface area contributed by atoms with Crippen LogP contribution in [0, 0.1) is 0 Å². The molecule has 0 bridgehead atoms. The van der Waals surface area contributed by atoms with Crippen molar-refractivity contribution in [3.63, 3.8) is 0 Å². The number of hydrogen-bond donors (Lipinski definition) is 0. The van der Waals surface area contributed by atoms with Gasteiger partial charge in [0.15, 0.2) is 0 Å². The van der Waals surface area contributed by atoms with Gasteiger partial charge in [0.1, 0.15) is 5.75 Å². The average Bonchev–Trinajstić information content (AvgIpc) is 2.79. The fourth-order valence-corrected chi connectivity index (χ4v) is 3.25. The predicted molar refractivity (Wildman–Crippen MR) is 115 cm³/mol. The van der Waals surface area contributed by atoms with E-state index in [2.05, 4.69) is 77.8 Å². The van der Waals surface area contributed by atoms with Crippen LogP contribution in [0.2, 0.25) is 0 Å². The fraction of sp³-hybridized carbons (Fsp3) is 0.115. The highest BCUT2D eigenvalue weighted by Crippen LogP contribution is 2.26. The molecule has 0 aliphatic rings. The number of nitrogens with zero attached hydrogens (tertiary/aromatic N) is 1. The Morgan fingerprint density at radius 2 is 1.11 bits per heavy atom. The van der Waals surface area contributed by atoms with Gasteiger partial charge in [0.05, 0.1) is 6.61 Å². The lowest BCUT2D eigenvalue weighted by molar-refractivity contribution is 0.311. The van der Waals surface area contributed by atoms with Crippen LogP contribution in [0.4, 0.5) is 0 Å². The summed E-state index contributed by atoms with van der Waals surface area (Å²) >= 11 is 0. The Labute approximate surface area is 166 Å². The molecular formula is C26H23NO. The largest absolute Gasteiger partial charge is 0.494 e. The Bertz CT molecular complexity index is 978. The van der Waals surface area contributed by atoms with E-state index < -0.39 is 0 Å². The van der Waals surface area contributed by atoms with Crippen LogP contribution in [0.15, 0.2) is 103 Å². The maximum atomic E-state index is 5.89. The molecule has 0 unspecified atom stereocenters. The summed E-state index contributed by atoms with van der Waals surface area (Å²) in [6, 6.07) is 31.5. The van der Waals surface area contributed by atoms with Crippen LogP contribution in [0.5, 0.6) is 5.75 Å². The van der Waals surface area contributed by atoms with Crippen LogP contribution in [0.25, 0.3) is 22.3 Å². The molecule has 0 spiro atoms. The standard InChI is InChI=1S/C26H23NO/c1-2-5-21(6-3-1)7-4-20-28-26-14-12-24(13-15-26)22-8-10-23(11-9-22)25-16-18-27-19-17-25/h1-3,5-6,8-19H,4,7,20H2. The van der Waals surface area contributed by atoms with Gasteiger partial charge in [-0.3, -0.25) is 4.98 Å². The van der Waals surface area contributed by atoms with Gasteiger partial charge in [0.25, 0.3) is 0 Å². The molecular weight excluding hydrogens is 342 g/mol. The predicted octanol–water partition coefficient (Wildman–Crippen LogP) is 6.43. The molecule has 1 heterocycles. The summed E-state index contributed by atoms with van der Waals surface area (Å²) in [4.78, 5) is 4.07. The normalized spacial score (nSPS) is 10.6. The number of hydrogen-bond acceptors (Lipinski definition) is 2. The second kappa shape index (κ2) is 9.01. The molecule has 0 aliphatic carbocycles. The maximum absolute atomic E-state index is 5.89. The molecule has 1 aromatic heterocycles. The van der Waals surface area contributed by atoms with E-state index in [0.717, 1.165) is 25.2 Å². The highest BCUT2D eigenvalue weighted by molar-refractivity contribution is 5.70. The molecule has 4 aromatic rings. The lowest BCUT2D eigenvalue weighted by atomic mass is 10.0. The molecule has 0 saturated carbocycles. The molecule has 138 valence electrons. The van der Waals surface area contributed by atoms with Gasteiger partial charge < -0.3 is 4.74 Å². The molecule has 0 amide bonds. The van der Waals surface area contributed by atoms with Crippen LogP contribution in [-0.4, -0.2) is 11.6 Å². The molecule has 28 heavy (non-hydrogen) atoms. The zero-order valence-corrected chi connectivity index (χ0v) is 15.8. The highest BCUT2D eigenvalue weighted by atomic mass is 16.5. The number of rotatable bonds is 7. The molecule has 3 aromatic carbocycles. The third kappa shape index (κ3) is 4.66. The number of aromatic nitrogens is 1. The summed E-state index contributed by atoms with van der Waals surface area (Å²) in [7, 11) is 0. The third-order valence-electron chi connectivity index (χ3n) is 4.81. The molecule has 0 fully saturated rings. The van der Waals surface area contributed by atoms with Gasteiger partial charge in [-0.1, -0.05) is 66.7 Å². The lowest BCUT2D eigenvalue weighted by Crippen LogP contribution is -1.99. The molecule has 0 atom stereocenters. The zero-order chi connectivity index (χ0) is 19.0. The van der Waals surface area contributed by atoms with Crippen molar-refractivity contribution >= 4 is 0 Å². The van der Waals surface area contributed by atoms with Gasteiger partial charge in [0.2, 0.25) is 0 Å². The number of aryl methyl sites for hydroxylation is 1. The Morgan fingerprint density at radius 1 is 0.571 bits per heavy atom. The fourth-order valence-electron chi connectivity index (χ4n) is 3.25. The van der Waals surface area contributed by atoms with Gasteiger partial charge in [-0.25, -0.2) is 0 Å². The minimum absolute atomic E-state index is 0.731. The smallest absolute Gasteiger partial charge is 0.119 e. The van der Waals surface area contributed by atoms with Crippen molar-refractivity contribution < 1.29 is 4.74 Å². The van der Waals surface area contributed by atoms with Crippen LogP contribution in [0.3, 0.4) is 0 Å². The van der Waals surface area contributed by atoms with E-state index in [1.807, 2.05) is 30.6 Å². The molecule has 2 heteroatoms. The summed E-state index contributed by atoms with van der Waals surface area (Å²) in [5, 5.41) is 0. The molecule has 0 radical (unpaired) electrons. The van der Waals surface area contributed by atoms with Crippen molar-refractivity contribution in [3.05, 3.63) is 109 Å². The molecule has 0 saturated heterocycles. The summed E-state index contributed by atoms with van der Waals surface area (Å²) < 4.78 is 5.89. The highest BCUT2D eigenvalue weighted by Gasteiger charge is 2.01. The minimum atomic E-state index is 0.731. The van der Waals surface area contributed by atoms with E-state index in [4.69, 9.17) is 4.74 Å². The van der Waals surface area contributed by atoms with Gasteiger partial charge in [-0.2, -0.15) is 0 Å². The van der Waals surface area contributed by atoms with E-state index >= 15 is 0 Å². The topological polar surface area (TPSA) is 22.1 Å². The SMILES string of the molecule is c1ccc(CCCOc2ccc(-c3ccc(-c4ccncc4)cc3)cc2)cc1. The van der Waals surface area contributed by atoms with Crippen molar-refractivity contribution in [2.24, 2.45) is 0 Å². The summed E-state index contributed by atoms with van der Waals surface area (Å²) in [5.74, 6) is 0.921. The minimum Gasteiger partial charge on any atom is -0.494 e.